The van der Waals surface area contributed by atoms with E-state index in [1.54, 1.807) is 0 Å². The summed E-state index contributed by atoms with van der Waals surface area (Å²) in [4.78, 5) is 0. The van der Waals surface area contributed by atoms with E-state index in [2.05, 4.69) is 12.2 Å². The Hall–Kier alpha value is -0.0800. The third-order valence-corrected chi connectivity index (χ3v) is 3.33. The van der Waals surface area contributed by atoms with Gasteiger partial charge in [-0.2, -0.15) is 0 Å². The first kappa shape index (κ1) is 11.0. The summed E-state index contributed by atoms with van der Waals surface area (Å²) in [6, 6.07) is 0.480. The highest BCUT2D eigenvalue weighted by atomic mass is 16.5. The largest absolute Gasteiger partial charge is 0.380 e. The summed E-state index contributed by atoms with van der Waals surface area (Å²) in [6.45, 7) is 2.21. The highest BCUT2D eigenvalue weighted by Crippen LogP contribution is 2.29. The molecule has 1 aliphatic carbocycles. The Bertz CT molecular complexity index is 132. The fourth-order valence-electron chi connectivity index (χ4n) is 2.43. The van der Waals surface area contributed by atoms with Gasteiger partial charge in [0, 0.05) is 13.2 Å². The summed E-state index contributed by atoms with van der Waals surface area (Å²) in [5, 5.41) is 3.29. The maximum absolute atomic E-state index is 5.58. The number of nitrogens with one attached hydrogen (secondary N) is 1. The van der Waals surface area contributed by atoms with Crippen LogP contribution in [0.25, 0.3) is 0 Å². The van der Waals surface area contributed by atoms with Gasteiger partial charge in [0.05, 0.1) is 6.10 Å². The van der Waals surface area contributed by atoms with Crippen LogP contribution in [0.15, 0.2) is 0 Å². The minimum Gasteiger partial charge on any atom is -0.380 e. The molecule has 1 aliphatic rings. The summed E-state index contributed by atoms with van der Waals surface area (Å²) in [6.07, 6.45) is 7.31. The van der Waals surface area contributed by atoms with E-state index in [1.165, 1.54) is 32.1 Å². The molecule has 0 saturated heterocycles. The van der Waals surface area contributed by atoms with Gasteiger partial charge in [-0.05, 0) is 32.7 Å². The van der Waals surface area contributed by atoms with Crippen LogP contribution in [0.4, 0.5) is 0 Å². The van der Waals surface area contributed by atoms with Gasteiger partial charge in [-0.15, -0.1) is 0 Å². The topological polar surface area (TPSA) is 21.3 Å². The van der Waals surface area contributed by atoms with E-state index in [0.29, 0.717) is 12.1 Å². The molecule has 2 atom stereocenters. The minimum atomic E-state index is 0.408. The van der Waals surface area contributed by atoms with Crippen LogP contribution in [-0.4, -0.2) is 26.3 Å². The molecule has 0 aliphatic heterocycles. The monoisotopic (exact) mass is 185 g/mol. The Kier molecular flexibility index (Phi) is 4.74. The van der Waals surface area contributed by atoms with Crippen molar-refractivity contribution in [3.8, 4) is 0 Å². The molecular weight excluding hydrogens is 162 g/mol. The van der Waals surface area contributed by atoms with Gasteiger partial charge in [-0.25, -0.2) is 0 Å². The lowest BCUT2D eigenvalue weighted by Crippen LogP contribution is -2.41. The lowest BCUT2D eigenvalue weighted by atomic mass is 9.83. The molecule has 1 fully saturated rings. The van der Waals surface area contributed by atoms with Crippen LogP contribution in [0.2, 0.25) is 0 Å². The van der Waals surface area contributed by atoms with Gasteiger partial charge in [0.1, 0.15) is 0 Å². The molecule has 2 heteroatoms. The van der Waals surface area contributed by atoms with Crippen molar-refractivity contribution in [1.29, 1.82) is 0 Å². The van der Waals surface area contributed by atoms with Crippen LogP contribution < -0.4 is 5.32 Å². The van der Waals surface area contributed by atoms with E-state index in [9.17, 15) is 0 Å². The van der Waals surface area contributed by atoms with E-state index < -0.39 is 0 Å². The Morgan fingerprint density at radius 3 is 2.31 bits per heavy atom. The van der Waals surface area contributed by atoms with Crippen molar-refractivity contribution >= 4 is 0 Å². The van der Waals surface area contributed by atoms with Gasteiger partial charge in [-0.3, -0.25) is 0 Å². The lowest BCUT2D eigenvalue weighted by molar-refractivity contribution is 0.0146. The molecule has 78 valence electrons. The predicted molar refractivity (Wildman–Crippen MR) is 55.9 cm³/mol. The highest BCUT2D eigenvalue weighted by Gasteiger charge is 2.26. The number of rotatable bonds is 4. The number of ether oxygens (including phenoxy) is 1. The summed E-state index contributed by atoms with van der Waals surface area (Å²) in [7, 11) is 3.85. The van der Waals surface area contributed by atoms with Crippen LogP contribution in [0.3, 0.4) is 0 Å². The third kappa shape index (κ3) is 2.96. The molecule has 1 saturated carbocycles. The van der Waals surface area contributed by atoms with E-state index in [4.69, 9.17) is 4.74 Å². The van der Waals surface area contributed by atoms with Crippen molar-refractivity contribution in [1.82, 2.24) is 5.32 Å². The molecule has 0 aromatic carbocycles. The molecule has 1 unspecified atom stereocenters. The first-order valence-electron chi connectivity index (χ1n) is 5.49. The van der Waals surface area contributed by atoms with Gasteiger partial charge in [0.2, 0.25) is 0 Å². The Labute approximate surface area is 82.0 Å². The quantitative estimate of drug-likeness (QED) is 0.725. The van der Waals surface area contributed by atoms with Crippen molar-refractivity contribution in [2.24, 2.45) is 5.92 Å². The summed E-state index contributed by atoms with van der Waals surface area (Å²) in [5.41, 5.74) is 0. The van der Waals surface area contributed by atoms with E-state index in [-0.39, 0.29) is 0 Å². The van der Waals surface area contributed by atoms with E-state index >= 15 is 0 Å². The molecule has 0 amide bonds. The second-order valence-corrected chi connectivity index (χ2v) is 4.18. The second-order valence-electron chi connectivity index (χ2n) is 4.18. The van der Waals surface area contributed by atoms with E-state index in [0.717, 1.165) is 5.92 Å². The molecule has 0 radical (unpaired) electrons. The fraction of sp³-hybridized carbons (Fsp3) is 1.00. The molecule has 0 aromatic rings. The number of hydrogen-bond acceptors (Lipinski definition) is 2. The standard InChI is InChI=1S/C11H23NO/c1-9(12-2)11(13-3)10-7-5-4-6-8-10/h9-12H,4-8H2,1-3H3/t9?,11-/m0/s1. The van der Waals surface area contributed by atoms with Crippen molar-refractivity contribution in [2.45, 2.75) is 51.2 Å². The smallest absolute Gasteiger partial charge is 0.0749 e. The highest BCUT2D eigenvalue weighted by molar-refractivity contribution is 4.81. The molecule has 13 heavy (non-hydrogen) atoms. The van der Waals surface area contributed by atoms with Crippen molar-refractivity contribution in [3.63, 3.8) is 0 Å². The average Bonchev–Trinajstić information content (AvgIpc) is 2.20. The Morgan fingerprint density at radius 2 is 1.85 bits per heavy atom. The summed E-state index contributed by atoms with van der Waals surface area (Å²) in [5.74, 6) is 0.779. The van der Waals surface area contributed by atoms with Crippen LogP contribution in [0, 0.1) is 5.92 Å². The minimum absolute atomic E-state index is 0.408. The van der Waals surface area contributed by atoms with Crippen LogP contribution in [-0.2, 0) is 4.74 Å². The van der Waals surface area contributed by atoms with Gasteiger partial charge >= 0.3 is 0 Å². The van der Waals surface area contributed by atoms with Crippen LogP contribution >= 0.6 is 0 Å². The zero-order valence-corrected chi connectivity index (χ0v) is 9.18. The molecule has 0 bridgehead atoms. The summed E-state index contributed by atoms with van der Waals surface area (Å²) >= 11 is 0. The van der Waals surface area contributed by atoms with Crippen molar-refractivity contribution in [2.75, 3.05) is 14.2 Å². The number of hydrogen-bond donors (Lipinski definition) is 1. The Morgan fingerprint density at radius 1 is 1.23 bits per heavy atom. The molecule has 1 N–H and O–H groups in total. The van der Waals surface area contributed by atoms with E-state index in [1.807, 2.05) is 14.2 Å². The SMILES string of the molecule is CNC(C)[C@H](OC)C1CCCCC1. The average molecular weight is 185 g/mol. The predicted octanol–water partition coefficient (Wildman–Crippen LogP) is 2.19. The molecule has 0 aromatic heterocycles. The normalized spacial score (nSPS) is 24.2. The van der Waals surface area contributed by atoms with Crippen molar-refractivity contribution in [3.05, 3.63) is 0 Å². The Balaban J connectivity index is 2.43. The molecule has 2 nitrogen and oxygen atoms in total. The van der Waals surface area contributed by atoms with Gasteiger partial charge in [0.15, 0.2) is 0 Å². The third-order valence-electron chi connectivity index (χ3n) is 3.33. The zero-order chi connectivity index (χ0) is 9.68. The maximum Gasteiger partial charge on any atom is 0.0749 e. The maximum atomic E-state index is 5.58. The molecular formula is C11H23NO. The van der Waals surface area contributed by atoms with Gasteiger partial charge in [-0.1, -0.05) is 19.3 Å². The first-order chi connectivity index (χ1) is 6.29. The molecule has 1 rings (SSSR count). The fourth-order valence-corrected chi connectivity index (χ4v) is 2.43. The van der Waals surface area contributed by atoms with Crippen LogP contribution in [0.1, 0.15) is 39.0 Å². The lowest BCUT2D eigenvalue weighted by Gasteiger charge is -2.33. The molecule has 0 heterocycles. The van der Waals surface area contributed by atoms with Crippen LogP contribution in [0.5, 0.6) is 0 Å². The number of methoxy groups -OCH3 is 1. The summed E-state index contributed by atoms with van der Waals surface area (Å²) < 4.78 is 5.58. The zero-order valence-electron chi connectivity index (χ0n) is 9.18. The first-order valence-corrected chi connectivity index (χ1v) is 5.49. The van der Waals surface area contributed by atoms with Gasteiger partial charge in [0.25, 0.3) is 0 Å². The second kappa shape index (κ2) is 5.61. The number of likely N-dealkylation sites (N-methyl/N-ethyl adjacent to an activating group) is 1. The van der Waals surface area contributed by atoms with Gasteiger partial charge < -0.3 is 10.1 Å². The van der Waals surface area contributed by atoms with Crippen molar-refractivity contribution < 1.29 is 4.74 Å². The molecule has 0 spiro atoms.